The van der Waals surface area contributed by atoms with Crippen molar-refractivity contribution in [1.29, 1.82) is 0 Å². The third-order valence-electron chi connectivity index (χ3n) is 1.65. The molecule has 1 fully saturated rings. The summed E-state index contributed by atoms with van der Waals surface area (Å²) in [7, 11) is 0. The van der Waals surface area contributed by atoms with E-state index in [1.54, 1.807) is 0 Å². The SMILES string of the molecule is C[C@@H]1C[C@@H](CO)NC1=O. The van der Waals surface area contributed by atoms with Crippen LogP contribution in [0.5, 0.6) is 0 Å². The molecule has 0 aromatic heterocycles. The van der Waals surface area contributed by atoms with Gasteiger partial charge in [0.25, 0.3) is 0 Å². The molecule has 3 heteroatoms. The Kier molecular flexibility index (Phi) is 1.71. The quantitative estimate of drug-likeness (QED) is 0.501. The Balaban J connectivity index is 2.44. The van der Waals surface area contributed by atoms with Gasteiger partial charge in [0.1, 0.15) is 0 Å². The van der Waals surface area contributed by atoms with Crippen molar-refractivity contribution >= 4 is 5.91 Å². The smallest absolute Gasteiger partial charge is 0.223 e. The second-order valence-electron chi connectivity index (χ2n) is 2.52. The number of nitrogens with one attached hydrogen (secondary N) is 1. The standard InChI is InChI=1S/C6H11NO2/c1-4-2-5(3-8)7-6(4)9/h4-5,8H,2-3H2,1H3,(H,7,9)/t4-,5+/m1/s1. The topological polar surface area (TPSA) is 49.3 Å². The van der Waals surface area contributed by atoms with Gasteiger partial charge in [-0.05, 0) is 6.42 Å². The third-order valence-corrected chi connectivity index (χ3v) is 1.65. The number of aliphatic hydroxyl groups is 1. The molecule has 1 rings (SSSR count). The summed E-state index contributed by atoms with van der Waals surface area (Å²) in [6, 6.07) is 0.00694. The van der Waals surface area contributed by atoms with Crippen molar-refractivity contribution in [3.05, 3.63) is 0 Å². The molecule has 1 heterocycles. The van der Waals surface area contributed by atoms with Gasteiger partial charge in [0, 0.05) is 5.92 Å². The van der Waals surface area contributed by atoms with E-state index in [9.17, 15) is 4.79 Å². The first-order valence-electron chi connectivity index (χ1n) is 3.15. The van der Waals surface area contributed by atoms with Gasteiger partial charge in [0.2, 0.25) is 5.91 Å². The maximum absolute atomic E-state index is 10.7. The van der Waals surface area contributed by atoms with Gasteiger partial charge >= 0.3 is 0 Å². The molecule has 0 aromatic carbocycles. The van der Waals surface area contributed by atoms with Crippen LogP contribution in [0, 0.1) is 5.92 Å². The van der Waals surface area contributed by atoms with Crippen LogP contribution >= 0.6 is 0 Å². The zero-order chi connectivity index (χ0) is 6.85. The highest BCUT2D eigenvalue weighted by molar-refractivity contribution is 5.80. The van der Waals surface area contributed by atoms with E-state index in [0.29, 0.717) is 0 Å². The largest absolute Gasteiger partial charge is 0.394 e. The minimum atomic E-state index is 0.00694. The van der Waals surface area contributed by atoms with Crippen LogP contribution in [0.4, 0.5) is 0 Å². The summed E-state index contributed by atoms with van der Waals surface area (Å²) in [6.45, 7) is 1.93. The fourth-order valence-electron chi connectivity index (χ4n) is 1.06. The van der Waals surface area contributed by atoms with Crippen molar-refractivity contribution in [2.24, 2.45) is 5.92 Å². The molecule has 1 aliphatic heterocycles. The normalized spacial score (nSPS) is 34.7. The number of rotatable bonds is 1. The van der Waals surface area contributed by atoms with Crippen LogP contribution in [0.2, 0.25) is 0 Å². The highest BCUT2D eigenvalue weighted by atomic mass is 16.3. The third kappa shape index (κ3) is 1.21. The van der Waals surface area contributed by atoms with Crippen LogP contribution in [-0.2, 0) is 4.79 Å². The van der Waals surface area contributed by atoms with E-state index in [-0.39, 0.29) is 24.5 Å². The van der Waals surface area contributed by atoms with Gasteiger partial charge in [0.05, 0.1) is 12.6 Å². The van der Waals surface area contributed by atoms with E-state index >= 15 is 0 Å². The van der Waals surface area contributed by atoms with E-state index in [2.05, 4.69) is 5.32 Å². The van der Waals surface area contributed by atoms with Gasteiger partial charge in [-0.1, -0.05) is 6.92 Å². The summed E-state index contributed by atoms with van der Waals surface area (Å²) in [5, 5.41) is 11.3. The number of carbonyl (C=O) groups excluding carboxylic acids is 1. The summed E-state index contributed by atoms with van der Waals surface area (Å²) in [4.78, 5) is 10.7. The summed E-state index contributed by atoms with van der Waals surface area (Å²) in [5.74, 6) is 0.149. The van der Waals surface area contributed by atoms with E-state index in [1.807, 2.05) is 6.92 Å². The summed E-state index contributed by atoms with van der Waals surface area (Å²) >= 11 is 0. The molecule has 0 radical (unpaired) electrons. The molecule has 0 aliphatic carbocycles. The van der Waals surface area contributed by atoms with Crippen LogP contribution in [0.3, 0.4) is 0 Å². The molecule has 0 bridgehead atoms. The molecule has 2 atom stereocenters. The number of aliphatic hydroxyl groups excluding tert-OH is 1. The molecule has 1 aliphatic rings. The molecule has 9 heavy (non-hydrogen) atoms. The Labute approximate surface area is 54.1 Å². The molecule has 0 aromatic rings. The molecule has 1 saturated heterocycles. The van der Waals surface area contributed by atoms with Crippen LogP contribution in [0.1, 0.15) is 13.3 Å². The Hall–Kier alpha value is -0.570. The average molecular weight is 129 g/mol. The van der Waals surface area contributed by atoms with Gasteiger partial charge in [-0.2, -0.15) is 0 Å². The monoisotopic (exact) mass is 129 g/mol. The maximum Gasteiger partial charge on any atom is 0.223 e. The van der Waals surface area contributed by atoms with Gasteiger partial charge in [0.15, 0.2) is 0 Å². The number of hydrogen-bond donors (Lipinski definition) is 2. The maximum atomic E-state index is 10.7. The Morgan fingerprint density at radius 3 is 2.78 bits per heavy atom. The molecule has 3 nitrogen and oxygen atoms in total. The van der Waals surface area contributed by atoms with Gasteiger partial charge < -0.3 is 10.4 Å². The van der Waals surface area contributed by atoms with Crippen LogP contribution in [0.25, 0.3) is 0 Å². The predicted molar refractivity (Wildman–Crippen MR) is 32.8 cm³/mol. The first-order valence-corrected chi connectivity index (χ1v) is 3.15. The van der Waals surface area contributed by atoms with Crippen molar-refractivity contribution in [2.45, 2.75) is 19.4 Å². The lowest BCUT2D eigenvalue weighted by Gasteiger charge is -2.01. The average Bonchev–Trinajstić information content (AvgIpc) is 2.13. The molecule has 1 amide bonds. The lowest BCUT2D eigenvalue weighted by atomic mass is 10.1. The van der Waals surface area contributed by atoms with Crippen molar-refractivity contribution in [1.82, 2.24) is 5.32 Å². The molecule has 0 saturated carbocycles. The van der Waals surface area contributed by atoms with Gasteiger partial charge in [-0.3, -0.25) is 4.79 Å². The van der Waals surface area contributed by atoms with E-state index in [1.165, 1.54) is 0 Å². The van der Waals surface area contributed by atoms with Crippen LogP contribution in [-0.4, -0.2) is 23.7 Å². The summed E-state index contributed by atoms with van der Waals surface area (Å²) < 4.78 is 0. The zero-order valence-electron chi connectivity index (χ0n) is 5.42. The molecule has 2 N–H and O–H groups in total. The fourth-order valence-corrected chi connectivity index (χ4v) is 1.06. The van der Waals surface area contributed by atoms with E-state index in [4.69, 9.17) is 5.11 Å². The van der Waals surface area contributed by atoms with E-state index in [0.717, 1.165) is 6.42 Å². The highest BCUT2D eigenvalue weighted by Gasteiger charge is 2.27. The van der Waals surface area contributed by atoms with Gasteiger partial charge in [-0.25, -0.2) is 0 Å². The molecule has 0 spiro atoms. The molecule has 52 valence electrons. The van der Waals surface area contributed by atoms with Crippen molar-refractivity contribution < 1.29 is 9.90 Å². The number of hydrogen-bond acceptors (Lipinski definition) is 2. The molecular weight excluding hydrogens is 118 g/mol. The predicted octanol–water partition coefficient (Wildman–Crippen LogP) is -0.497. The van der Waals surface area contributed by atoms with E-state index < -0.39 is 0 Å². The lowest BCUT2D eigenvalue weighted by molar-refractivity contribution is -0.122. The number of carbonyl (C=O) groups is 1. The van der Waals surface area contributed by atoms with Crippen molar-refractivity contribution in [3.63, 3.8) is 0 Å². The highest BCUT2D eigenvalue weighted by Crippen LogP contribution is 2.12. The first-order chi connectivity index (χ1) is 4.24. The Morgan fingerprint density at radius 2 is 2.56 bits per heavy atom. The number of amides is 1. The minimum absolute atomic E-state index is 0.00694. The fraction of sp³-hybridized carbons (Fsp3) is 0.833. The zero-order valence-corrected chi connectivity index (χ0v) is 5.42. The molecule has 0 unspecified atom stereocenters. The second kappa shape index (κ2) is 2.35. The summed E-state index contributed by atoms with van der Waals surface area (Å²) in [6.07, 6.45) is 0.773. The van der Waals surface area contributed by atoms with Gasteiger partial charge in [-0.15, -0.1) is 0 Å². The van der Waals surface area contributed by atoms with Crippen LogP contribution in [0.15, 0.2) is 0 Å². The lowest BCUT2D eigenvalue weighted by Crippen LogP contribution is -2.28. The minimum Gasteiger partial charge on any atom is -0.394 e. The van der Waals surface area contributed by atoms with Crippen LogP contribution < -0.4 is 5.32 Å². The molecular formula is C6H11NO2. The second-order valence-corrected chi connectivity index (χ2v) is 2.52. The summed E-state index contributed by atoms with van der Waals surface area (Å²) in [5.41, 5.74) is 0. The Bertz CT molecular complexity index is 124. The van der Waals surface area contributed by atoms with Crippen molar-refractivity contribution in [2.75, 3.05) is 6.61 Å². The Morgan fingerprint density at radius 1 is 1.89 bits per heavy atom. The van der Waals surface area contributed by atoms with Crippen molar-refractivity contribution in [3.8, 4) is 0 Å². The first kappa shape index (κ1) is 6.55.